The highest BCUT2D eigenvalue weighted by Crippen LogP contribution is 2.59. The number of ether oxygens (including phenoxy) is 2. The molecule has 1 aliphatic heterocycles. The Hall–Kier alpha value is -2.42. The molecular formula is C19H15ClFN3O3S. The second-order valence-electron chi connectivity index (χ2n) is 6.18. The maximum atomic E-state index is 13.9. The second-order valence-corrected chi connectivity index (χ2v) is 7.49. The summed E-state index contributed by atoms with van der Waals surface area (Å²) in [6.45, 7) is 0.228. The number of hydrogen-bond donors (Lipinski definition) is 0. The van der Waals surface area contributed by atoms with Crippen LogP contribution >= 0.6 is 23.4 Å². The van der Waals surface area contributed by atoms with Crippen molar-refractivity contribution in [1.29, 1.82) is 0 Å². The second kappa shape index (κ2) is 7.54. The largest absolute Gasteiger partial charge is 0.461 e. The molecule has 3 aromatic rings. The Morgan fingerprint density at radius 1 is 1.36 bits per heavy atom. The number of carbonyl (C=O) groups excluding carboxylic acids is 1. The Morgan fingerprint density at radius 3 is 2.93 bits per heavy atom. The maximum Gasteiger partial charge on any atom is 0.374 e. The van der Waals surface area contributed by atoms with E-state index in [1.165, 1.54) is 25.6 Å². The van der Waals surface area contributed by atoms with E-state index in [0.717, 1.165) is 17.3 Å². The molecule has 0 aliphatic carbocycles. The first-order valence-electron chi connectivity index (χ1n) is 8.35. The molecule has 1 aliphatic rings. The van der Waals surface area contributed by atoms with Gasteiger partial charge in [-0.1, -0.05) is 41.9 Å². The van der Waals surface area contributed by atoms with Gasteiger partial charge in [0.15, 0.2) is 5.16 Å². The van der Waals surface area contributed by atoms with E-state index in [0.29, 0.717) is 15.7 Å². The molecule has 0 saturated carbocycles. The van der Waals surface area contributed by atoms with E-state index in [4.69, 9.17) is 16.3 Å². The molecule has 2 atom stereocenters. The van der Waals surface area contributed by atoms with Crippen LogP contribution in [0.4, 0.5) is 9.18 Å². The van der Waals surface area contributed by atoms with Gasteiger partial charge in [0.25, 0.3) is 0 Å². The third-order valence-electron chi connectivity index (χ3n) is 4.50. The molecule has 0 amide bonds. The molecule has 0 spiro atoms. The van der Waals surface area contributed by atoms with Crippen molar-refractivity contribution < 1.29 is 18.7 Å². The summed E-state index contributed by atoms with van der Waals surface area (Å²) in [6.07, 6.45) is 0.959. The van der Waals surface area contributed by atoms with E-state index in [1.807, 2.05) is 18.2 Å². The first-order valence-corrected chi connectivity index (χ1v) is 9.55. The Kier molecular flexibility index (Phi) is 5.09. The van der Waals surface area contributed by atoms with Gasteiger partial charge in [-0.15, -0.1) is 0 Å². The van der Waals surface area contributed by atoms with Gasteiger partial charge in [-0.2, -0.15) is 5.10 Å². The highest BCUT2D eigenvalue weighted by Gasteiger charge is 2.60. The van der Waals surface area contributed by atoms with E-state index in [9.17, 15) is 9.18 Å². The van der Waals surface area contributed by atoms with Gasteiger partial charge in [-0.25, -0.2) is 18.9 Å². The van der Waals surface area contributed by atoms with Crippen LogP contribution in [0.3, 0.4) is 0 Å². The van der Waals surface area contributed by atoms with E-state index >= 15 is 0 Å². The summed E-state index contributed by atoms with van der Waals surface area (Å²) in [5.41, 5.74) is 0.573. The first-order chi connectivity index (χ1) is 13.5. The van der Waals surface area contributed by atoms with Gasteiger partial charge < -0.3 is 9.47 Å². The predicted octanol–water partition coefficient (Wildman–Crippen LogP) is 4.60. The highest BCUT2D eigenvalue weighted by atomic mass is 35.5. The first kappa shape index (κ1) is 18.9. The zero-order chi connectivity index (χ0) is 19.7. The van der Waals surface area contributed by atoms with E-state index in [2.05, 4.69) is 14.8 Å². The van der Waals surface area contributed by atoms with E-state index in [-0.39, 0.29) is 18.5 Å². The van der Waals surface area contributed by atoms with Crippen LogP contribution in [-0.2, 0) is 21.6 Å². The number of hydrogen-bond acceptors (Lipinski definition) is 6. The van der Waals surface area contributed by atoms with Crippen molar-refractivity contribution in [2.24, 2.45) is 0 Å². The molecule has 1 fully saturated rings. The van der Waals surface area contributed by atoms with Gasteiger partial charge in [-0.05, 0) is 23.8 Å². The molecule has 1 saturated heterocycles. The number of thioether (sulfide) groups is 1. The molecule has 1 aromatic heterocycles. The average molecular weight is 420 g/mol. The minimum atomic E-state index is -0.883. The molecule has 9 heteroatoms. The molecule has 0 bridgehead atoms. The number of methoxy groups -OCH3 is 1. The van der Waals surface area contributed by atoms with Gasteiger partial charge in [0.1, 0.15) is 23.8 Å². The zero-order valence-electron chi connectivity index (χ0n) is 14.7. The lowest BCUT2D eigenvalue weighted by atomic mass is 9.91. The molecule has 2 heterocycles. The van der Waals surface area contributed by atoms with Crippen molar-refractivity contribution in [3.63, 3.8) is 0 Å². The van der Waals surface area contributed by atoms with Crippen LogP contribution in [0, 0.1) is 5.82 Å². The van der Waals surface area contributed by atoms with Gasteiger partial charge in [0.05, 0.1) is 13.7 Å². The molecule has 2 aromatic carbocycles. The summed E-state index contributed by atoms with van der Waals surface area (Å²) in [5.74, 6) is -0.368. The molecule has 0 N–H and O–H groups in total. The van der Waals surface area contributed by atoms with Crippen molar-refractivity contribution in [3.05, 3.63) is 76.8 Å². The summed E-state index contributed by atoms with van der Waals surface area (Å²) in [7, 11) is 1.29. The van der Waals surface area contributed by atoms with E-state index in [1.54, 1.807) is 22.9 Å². The predicted molar refractivity (Wildman–Crippen MR) is 102 cm³/mol. The Balaban J connectivity index is 1.72. The number of rotatable bonds is 5. The lowest BCUT2D eigenvalue weighted by Gasteiger charge is -2.15. The minimum absolute atomic E-state index is 0.228. The maximum absolute atomic E-state index is 13.9. The Bertz CT molecular complexity index is 1030. The summed E-state index contributed by atoms with van der Waals surface area (Å²) < 4.78 is 26.3. The third-order valence-corrected chi connectivity index (χ3v) is 5.68. The minimum Gasteiger partial charge on any atom is -0.461 e. The Labute approximate surface area is 169 Å². The fourth-order valence-electron chi connectivity index (χ4n) is 3.14. The van der Waals surface area contributed by atoms with Crippen molar-refractivity contribution in [2.45, 2.75) is 23.4 Å². The fourth-order valence-corrected chi connectivity index (χ4v) is 3.93. The smallest absolute Gasteiger partial charge is 0.374 e. The molecule has 28 heavy (non-hydrogen) atoms. The van der Waals surface area contributed by atoms with Crippen LogP contribution in [-0.4, -0.2) is 27.2 Å². The van der Waals surface area contributed by atoms with Crippen LogP contribution < -0.4 is 0 Å². The summed E-state index contributed by atoms with van der Waals surface area (Å²) >= 11 is 7.17. The van der Waals surface area contributed by atoms with Crippen LogP contribution in [0.15, 0.2) is 60.0 Å². The number of halogens is 2. The molecule has 144 valence electrons. The molecule has 0 radical (unpaired) electrons. The highest BCUT2D eigenvalue weighted by molar-refractivity contribution is 8.13. The zero-order valence-corrected chi connectivity index (χ0v) is 16.3. The topological polar surface area (TPSA) is 69.5 Å². The monoisotopic (exact) mass is 419 g/mol. The number of aromatic nitrogens is 3. The van der Waals surface area contributed by atoms with Crippen molar-refractivity contribution in [3.8, 4) is 0 Å². The van der Waals surface area contributed by atoms with Crippen LogP contribution in [0.25, 0.3) is 0 Å². The van der Waals surface area contributed by atoms with Crippen LogP contribution in [0.1, 0.15) is 17.2 Å². The fraction of sp³-hybridized carbons (Fsp3) is 0.211. The SMILES string of the molecule is COC(=O)Sc1ncnn1C[C@]1(c2cccc(F)c2)O[C@@H]1c1ccccc1Cl. The van der Waals surface area contributed by atoms with Gasteiger partial charge in [0.2, 0.25) is 0 Å². The van der Waals surface area contributed by atoms with Crippen LogP contribution in [0.2, 0.25) is 5.02 Å². The molecular weight excluding hydrogens is 405 g/mol. The summed E-state index contributed by atoms with van der Waals surface area (Å²) in [5, 5.41) is 4.61. The standard InChI is InChI=1S/C19H15ClFN3O3S/c1-26-18(25)28-17-22-11-23-24(17)10-19(12-5-4-6-13(21)9-12)16(27-19)14-7-2-3-8-15(14)20/h2-9,11,16H,10H2,1H3/t16-,19-/m1/s1. The lowest BCUT2D eigenvalue weighted by molar-refractivity contribution is 0.200. The molecule has 0 unspecified atom stereocenters. The number of nitrogens with zero attached hydrogens (tertiary/aromatic N) is 3. The third kappa shape index (κ3) is 3.50. The lowest BCUT2D eigenvalue weighted by Crippen LogP contribution is -2.21. The number of benzene rings is 2. The van der Waals surface area contributed by atoms with E-state index < -0.39 is 10.9 Å². The molecule has 4 rings (SSSR count). The normalized spacial score (nSPS) is 20.8. The van der Waals surface area contributed by atoms with Gasteiger partial charge in [-0.3, -0.25) is 0 Å². The number of epoxide rings is 1. The summed E-state index contributed by atoms with van der Waals surface area (Å²) in [6, 6.07) is 13.6. The van der Waals surface area contributed by atoms with Gasteiger partial charge in [0, 0.05) is 22.3 Å². The Morgan fingerprint density at radius 2 is 2.18 bits per heavy atom. The number of carbonyl (C=O) groups is 1. The van der Waals surface area contributed by atoms with Crippen LogP contribution in [0.5, 0.6) is 0 Å². The van der Waals surface area contributed by atoms with Gasteiger partial charge >= 0.3 is 5.30 Å². The molecule has 6 nitrogen and oxygen atoms in total. The average Bonchev–Trinajstić information content (AvgIpc) is 3.26. The van der Waals surface area contributed by atoms with Crippen molar-refractivity contribution in [1.82, 2.24) is 14.8 Å². The van der Waals surface area contributed by atoms with Crippen molar-refractivity contribution >= 4 is 28.7 Å². The van der Waals surface area contributed by atoms with Crippen molar-refractivity contribution in [2.75, 3.05) is 7.11 Å². The quantitative estimate of drug-likeness (QED) is 0.342. The summed E-state index contributed by atoms with van der Waals surface area (Å²) in [4.78, 5) is 15.7.